The molecule has 0 bridgehead atoms. The zero-order chi connectivity index (χ0) is 18.4. The van der Waals surface area contributed by atoms with Gasteiger partial charge in [0.2, 0.25) is 11.6 Å². The molecule has 1 aromatic heterocycles. The standard InChI is InChI=1S/C18H16ClN5O2/c19-14-6-8-15(9-7-14)23-18-16(24(25)26)17(21-12-22-18)20-11-10-13-4-2-1-3-5-13/h1-9,12H,10-11H2,(H2,20,21,22,23). The van der Waals surface area contributed by atoms with Crippen LogP contribution in [-0.4, -0.2) is 21.4 Å². The third kappa shape index (κ3) is 4.46. The minimum Gasteiger partial charge on any atom is -0.364 e. The highest BCUT2D eigenvalue weighted by atomic mass is 35.5. The first-order chi connectivity index (χ1) is 12.6. The second kappa shape index (κ2) is 8.26. The molecule has 0 saturated heterocycles. The molecule has 2 aromatic carbocycles. The summed E-state index contributed by atoms with van der Waals surface area (Å²) >= 11 is 5.86. The number of aromatic nitrogens is 2. The Balaban J connectivity index is 1.77. The Morgan fingerprint density at radius 1 is 1.00 bits per heavy atom. The van der Waals surface area contributed by atoms with Crippen molar-refractivity contribution in [3.63, 3.8) is 0 Å². The van der Waals surface area contributed by atoms with Gasteiger partial charge in [-0.1, -0.05) is 41.9 Å². The summed E-state index contributed by atoms with van der Waals surface area (Å²) in [5.74, 6) is 0.298. The van der Waals surface area contributed by atoms with Gasteiger partial charge in [0.25, 0.3) is 0 Å². The predicted octanol–water partition coefficient (Wildman–Crippen LogP) is 4.44. The lowest BCUT2D eigenvalue weighted by Crippen LogP contribution is -2.10. The lowest BCUT2D eigenvalue weighted by Gasteiger charge is -2.10. The van der Waals surface area contributed by atoms with E-state index in [1.807, 2.05) is 30.3 Å². The second-order valence-electron chi connectivity index (χ2n) is 5.47. The molecule has 0 fully saturated rings. The highest BCUT2D eigenvalue weighted by molar-refractivity contribution is 6.30. The number of nitrogens with one attached hydrogen (secondary N) is 2. The molecule has 0 aliphatic carbocycles. The summed E-state index contributed by atoms with van der Waals surface area (Å²) in [4.78, 5) is 19.1. The third-order valence-electron chi connectivity index (χ3n) is 3.66. The lowest BCUT2D eigenvalue weighted by atomic mass is 10.1. The molecule has 0 radical (unpaired) electrons. The van der Waals surface area contributed by atoms with Gasteiger partial charge < -0.3 is 10.6 Å². The predicted molar refractivity (Wildman–Crippen MR) is 102 cm³/mol. The summed E-state index contributed by atoms with van der Waals surface area (Å²) < 4.78 is 0. The lowest BCUT2D eigenvalue weighted by molar-refractivity contribution is -0.383. The van der Waals surface area contributed by atoms with Gasteiger partial charge in [0, 0.05) is 17.3 Å². The molecule has 0 unspecified atom stereocenters. The van der Waals surface area contributed by atoms with E-state index in [2.05, 4.69) is 20.6 Å². The molecule has 26 heavy (non-hydrogen) atoms. The van der Waals surface area contributed by atoms with E-state index in [4.69, 9.17) is 11.6 Å². The van der Waals surface area contributed by atoms with E-state index in [0.717, 1.165) is 12.0 Å². The van der Waals surface area contributed by atoms with Crippen LogP contribution in [0.2, 0.25) is 5.02 Å². The number of nitro groups is 1. The highest BCUT2D eigenvalue weighted by Crippen LogP contribution is 2.31. The molecule has 8 heteroatoms. The molecule has 0 saturated carbocycles. The number of hydrogen-bond acceptors (Lipinski definition) is 6. The molecule has 0 aliphatic heterocycles. The molecule has 1 heterocycles. The highest BCUT2D eigenvalue weighted by Gasteiger charge is 2.22. The Bertz CT molecular complexity index is 888. The van der Waals surface area contributed by atoms with Crippen molar-refractivity contribution in [2.24, 2.45) is 0 Å². The summed E-state index contributed by atoms with van der Waals surface area (Å²) in [6.07, 6.45) is 2.01. The largest absolute Gasteiger partial charge is 0.364 e. The van der Waals surface area contributed by atoms with E-state index in [-0.39, 0.29) is 17.3 Å². The quantitative estimate of drug-likeness (QED) is 0.472. The minimum absolute atomic E-state index is 0.120. The zero-order valence-corrected chi connectivity index (χ0v) is 14.5. The monoisotopic (exact) mass is 369 g/mol. The Kier molecular flexibility index (Phi) is 5.60. The van der Waals surface area contributed by atoms with Crippen LogP contribution in [0.4, 0.5) is 23.0 Å². The topological polar surface area (TPSA) is 93.0 Å². The van der Waals surface area contributed by atoms with Crippen LogP contribution in [-0.2, 0) is 6.42 Å². The van der Waals surface area contributed by atoms with Gasteiger partial charge in [-0.15, -0.1) is 0 Å². The summed E-state index contributed by atoms with van der Waals surface area (Å²) in [6, 6.07) is 16.7. The summed E-state index contributed by atoms with van der Waals surface area (Å²) in [7, 11) is 0. The summed E-state index contributed by atoms with van der Waals surface area (Å²) in [5, 5.41) is 18.1. The maximum absolute atomic E-state index is 11.5. The molecule has 0 aliphatic rings. The normalized spacial score (nSPS) is 10.3. The minimum atomic E-state index is -0.497. The Labute approximate surface area is 155 Å². The number of nitrogens with zero attached hydrogens (tertiary/aromatic N) is 3. The molecule has 132 valence electrons. The maximum atomic E-state index is 11.5. The smallest absolute Gasteiger partial charge is 0.353 e. The summed E-state index contributed by atoms with van der Waals surface area (Å²) in [6.45, 7) is 0.516. The SMILES string of the molecule is O=[N+]([O-])c1c(NCCc2ccccc2)ncnc1Nc1ccc(Cl)cc1. The zero-order valence-electron chi connectivity index (χ0n) is 13.7. The average molecular weight is 370 g/mol. The van der Waals surface area contributed by atoms with E-state index < -0.39 is 4.92 Å². The average Bonchev–Trinajstić information content (AvgIpc) is 2.64. The van der Waals surface area contributed by atoms with Crippen molar-refractivity contribution in [2.75, 3.05) is 17.2 Å². The van der Waals surface area contributed by atoms with Crippen LogP contribution in [0, 0.1) is 10.1 Å². The van der Waals surface area contributed by atoms with E-state index in [9.17, 15) is 10.1 Å². The molecular formula is C18H16ClN5O2. The number of benzene rings is 2. The third-order valence-corrected chi connectivity index (χ3v) is 3.91. The Morgan fingerprint density at radius 2 is 1.69 bits per heavy atom. The van der Waals surface area contributed by atoms with Crippen LogP contribution < -0.4 is 10.6 Å². The van der Waals surface area contributed by atoms with Crippen molar-refractivity contribution in [3.05, 3.63) is 81.6 Å². The molecule has 3 aromatic rings. The van der Waals surface area contributed by atoms with Gasteiger partial charge in [0.05, 0.1) is 4.92 Å². The fourth-order valence-electron chi connectivity index (χ4n) is 2.41. The second-order valence-corrected chi connectivity index (χ2v) is 5.91. The van der Waals surface area contributed by atoms with Crippen molar-refractivity contribution in [1.82, 2.24) is 9.97 Å². The van der Waals surface area contributed by atoms with Gasteiger partial charge in [0.15, 0.2) is 0 Å². The molecule has 3 rings (SSSR count). The van der Waals surface area contributed by atoms with Gasteiger partial charge >= 0.3 is 5.69 Å². The van der Waals surface area contributed by atoms with Crippen molar-refractivity contribution >= 4 is 34.6 Å². The Hall–Kier alpha value is -3.19. The molecule has 2 N–H and O–H groups in total. The first-order valence-electron chi connectivity index (χ1n) is 7.93. The number of hydrogen-bond donors (Lipinski definition) is 2. The van der Waals surface area contributed by atoms with Crippen LogP contribution >= 0.6 is 11.6 Å². The molecule has 7 nitrogen and oxygen atoms in total. The fraction of sp³-hybridized carbons (Fsp3) is 0.111. The van der Waals surface area contributed by atoms with Gasteiger partial charge in [-0.2, -0.15) is 0 Å². The molecule has 0 spiro atoms. The first kappa shape index (κ1) is 17.6. The Morgan fingerprint density at radius 3 is 2.38 bits per heavy atom. The molecular weight excluding hydrogens is 354 g/mol. The van der Waals surface area contributed by atoms with E-state index >= 15 is 0 Å². The summed E-state index contributed by atoms with van der Waals surface area (Å²) in [5.41, 5.74) is 1.58. The van der Waals surface area contributed by atoms with Crippen molar-refractivity contribution in [1.29, 1.82) is 0 Å². The van der Waals surface area contributed by atoms with Crippen molar-refractivity contribution in [3.8, 4) is 0 Å². The van der Waals surface area contributed by atoms with Crippen LogP contribution in [0.3, 0.4) is 0 Å². The van der Waals surface area contributed by atoms with E-state index in [0.29, 0.717) is 17.3 Å². The first-order valence-corrected chi connectivity index (χ1v) is 8.31. The van der Waals surface area contributed by atoms with Gasteiger partial charge in [-0.05, 0) is 36.2 Å². The number of rotatable bonds is 7. The van der Waals surface area contributed by atoms with Crippen LogP contribution in [0.15, 0.2) is 60.9 Å². The van der Waals surface area contributed by atoms with Gasteiger partial charge in [-0.25, -0.2) is 9.97 Å². The van der Waals surface area contributed by atoms with Crippen molar-refractivity contribution in [2.45, 2.75) is 6.42 Å². The van der Waals surface area contributed by atoms with E-state index in [1.54, 1.807) is 24.3 Å². The van der Waals surface area contributed by atoms with Crippen LogP contribution in [0.25, 0.3) is 0 Å². The van der Waals surface area contributed by atoms with Gasteiger partial charge in [0.1, 0.15) is 6.33 Å². The molecule has 0 atom stereocenters. The fourth-order valence-corrected chi connectivity index (χ4v) is 2.54. The van der Waals surface area contributed by atoms with Crippen LogP contribution in [0.1, 0.15) is 5.56 Å². The van der Waals surface area contributed by atoms with Crippen LogP contribution in [0.5, 0.6) is 0 Å². The number of anilines is 3. The number of halogens is 1. The molecule has 0 amide bonds. The van der Waals surface area contributed by atoms with Gasteiger partial charge in [-0.3, -0.25) is 10.1 Å². The van der Waals surface area contributed by atoms with E-state index in [1.165, 1.54) is 6.33 Å². The van der Waals surface area contributed by atoms with Crippen molar-refractivity contribution < 1.29 is 4.92 Å². The maximum Gasteiger partial charge on any atom is 0.353 e.